The molecule has 0 saturated heterocycles. The standard InChI is InChI=1S/C13H6ClFO/c14-11-3-1-2-9-12(11)8-5-4-7(15)6-10(8)13(9)16/h1-6H. The minimum atomic E-state index is -0.406. The lowest BCUT2D eigenvalue weighted by Crippen LogP contribution is -1.95. The minimum Gasteiger partial charge on any atom is -0.289 e. The van der Waals surface area contributed by atoms with E-state index in [1.807, 2.05) is 0 Å². The molecule has 1 aliphatic carbocycles. The van der Waals surface area contributed by atoms with Crippen molar-refractivity contribution in [2.45, 2.75) is 0 Å². The van der Waals surface area contributed by atoms with Gasteiger partial charge >= 0.3 is 0 Å². The first-order valence-electron chi connectivity index (χ1n) is 4.81. The first kappa shape index (κ1) is 9.55. The molecule has 0 atom stereocenters. The van der Waals surface area contributed by atoms with Crippen LogP contribution in [0.15, 0.2) is 36.4 Å². The number of rotatable bonds is 0. The number of halogens is 2. The molecule has 0 bridgehead atoms. The van der Waals surface area contributed by atoms with Crippen molar-refractivity contribution in [1.82, 2.24) is 0 Å². The first-order chi connectivity index (χ1) is 7.68. The van der Waals surface area contributed by atoms with Gasteiger partial charge in [0.1, 0.15) is 5.82 Å². The number of hydrogen-bond donors (Lipinski definition) is 0. The van der Waals surface area contributed by atoms with E-state index in [0.717, 1.165) is 0 Å². The molecular weight excluding hydrogens is 227 g/mol. The van der Waals surface area contributed by atoms with E-state index in [2.05, 4.69) is 0 Å². The van der Waals surface area contributed by atoms with E-state index in [1.54, 1.807) is 24.3 Å². The van der Waals surface area contributed by atoms with Crippen LogP contribution in [0.4, 0.5) is 4.39 Å². The molecular formula is C13H6ClFO. The van der Waals surface area contributed by atoms with Gasteiger partial charge in [0.15, 0.2) is 5.78 Å². The van der Waals surface area contributed by atoms with Crippen LogP contribution >= 0.6 is 11.6 Å². The van der Waals surface area contributed by atoms with Crippen molar-refractivity contribution < 1.29 is 9.18 Å². The fourth-order valence-corrected chi connectivity index (χ4v) is 2.33. The third-order valence-corrected chi connectivity index (χ3v) is 3.07. The normalized spacial score (nSPS) is 12.5. The summed E-state index contributed by atoms with van der Waals surface area (Å²) in [5.41, 5.74) is 2.37. The summed E-state index contributed by atoms with van der Waals surface area (Å²) in [5.74, 6) is -0.567. The van der Waals surface area contributed by atoms with Crippen molar-refractivity contribution >= 4 is 17.4 Å². The van der Waals surface area contributed by atoms with E-state index in [0.29, 0.717) is 27.3 Å². The average molecular weight is 233 g/mol. The maximum absolute atomic E-state index is 13.1. The Bertz CT molecular complexity index is 619. The van der Waals surface area contributed by atoms with E-state index < -0.39 is 5.82 Å². The van der Waals surface area contributed by atoms with E-state index >= 15 is 0 Å². The second-order valence-corrected chi connectivity index (χ2v) is 4.09. The lowest BCUT2D eigenvalue weighted by molar-refractivity contribution is 0.104. The number of carbonyl (C=O) groups is 1. The van der Waals surface area contributed by atoms with Crippen molar-refractivity contribution in [3.63, 3.8) is 0 Å². The molecule has 0 aromatic heterocycles. The summed E-state index contributed by atoms with van der Waals surface area (Å²) in [6.45, 7) is 0. The van der Waals surface area contributed by atoms with Crippen molar-refractivity contribution in [2.75, 3.05) is 0 Å². The summed E-state index contributed by atoms with van der Waals surface area (Å²) in [4.78, 5) is 12.0. The van der Waals surface area contributed by atoms with Gasteiger partial charge in [0, 0.05) is 21.7 Å². The molecule has 0 aliphatic heterocycles. The molecule has 0 N–H and O–H groups in total. The highest BCUT2D eigenvalue weighted by Gasteiger charge is 2.28. The second kappa shape index (κ2) is 3.16. The average Bonchev–Trinajstić information content (AvgIpc) is 2.55. The fraction of sp³-hybridized carbons (Fsp3) is 0. The molecule has 2 aromatic carbocycles. The molecule has 3 heteroatoms. The van der Waals surface area contributed by atoms with Gasteiger partial charge in [0.25, 0.3) is 0 Å². The van der Waals surface area contributed by atoms with Crippen LogP contribution in [0, 0.1) is 5.82 Å². The van der Waals surface area contributed by atoms with E-state index in [-0.39, 0.29) is 5.78 Å². The Balaban J connectivity index is 2.41. The highest BCUT2D eigenvalue weighted by Crippen LogP contribution is 2.40. The molecule has 3 rings (SSSR count). The van der Waals surface area contributed by atoms with E-state index in [1.165, 1.54) is 12.1 Å². The van der Waals surface area contributed by atoms with E-state index in [9.17, 15) is 9.18 Å². The maximum atomic E-state index is 13.1. The van der Waals surface area contributed by atoms with Gasteiger partial charge in [-0.3, -0.25) is 4.79 Å². The zero-order chi connectivity index (χ0) is 11.3. The smallest absolute Gasteiger partial charge is 0.194 e. The quantitative estimate of drug-likeness (QED) is 0.578. The fourth-order valence-electron chi connectivity index (χ4n) is 2.05. The highest BCUT2D eigenvalue weighted by molar-refractivity contribution is 6.36. The number of hydrogen-bond acceptors (Lipinski definition) is 1. The van der Waals surface area contributed by atoms with Crippen LogP contribution in [0.3, 0.4) is 0 Å². The Morgan fingerprint density at radius 1 is 1.00 bits per heavy atom. The van der Waals surface area contributed by atoms with Crippen LogP contribution in [0.25, 0.3) is 11.1 Å². The van der Waals surface area contributed by atoms with Crippen molar-refractivity contribution in [1.29, 1.82) is 0 Å². The first-order valence-corrected chi connectivity index (χ1v) is 5.19. The van der Waals surface area contributed by atoms with Gasteiger partial charge in [0.05, 0.1) is 0 Å². The van der Waals surface area contributed by atoms with Crippen LogP contribution in [-0.4, -0.2) is 5.78 Å². The molecule has 0 fully saturated rings. The lowest BCUT2D eigenvalue weighted by atomic mass is 10.1. The zero-order valence-electron chi connectivity index (χ0n) is 8.13. The molecule has 0 saturated carbocycles. The molecule has 0 radical (unpaired) electrons. The van der Waals surface area contributed by atoms with Crippen LogP contribution in [0.1, 0.15) is 15.9 Å². The van der Waals surface area contributed by atoms with Crippen LogP contribution in [-0.2, 0) is 0 Å². The van der Waals surface area contributed by atoms with Gasteiger partial charge in [-0.25, -0.2) is 4.39 Å². The van der Waals surface area contributed by atoms with Crippen molar-refractivity contribution in [2.24, 2.45) is 0 Å². The monoisotopic (exact) mass is 232 g/mol. The predicted molar refractivity (Wildman–Crippen MR) is 60.3 cm³/mol. The molecule has 0 unspecified atom stereocenters. The predicted octanol–water partition coefficient (Wildman–Crippen LogP) is 3.69. The van der Waals surface area contributed by atoms with Gasteiger partial charge in [-0.1, -0.05) is 29.8 Å². The Morgan fingerprint density at radius 2 is 1.81 bits per heavy atom. The molecule has 0 heterocycles. The Hall–Kier alpha value is -1.67. The molecule has 2 aromatic rings. The molecule has 1 aliphatic rings. The lowest BCUT2D eigenvalue weighted by Gasteiger charge is -2.01. The molecule has 1 nitrogen and oxygen atoms in total. The SMILES string of the molecule is O=C1c2cc(F)ccc2-c2c(Cl)cccc21. The van der Waals surface area contributed by atoms with Crippen LogP contribution in [0.5, 0.6) is 0 Å². The summed E-state index contributed by atoms with van der Waals surface area (Å²) in [7, 11) is 0. The Kier molecular flexibility index (Phi) is 1.88. The van der Waals surface area contributed by atoms with Gasteiger partial charge < -0.3 is 0 Å². The summed E-state index contributed by atoms with van der Waals surface area (Å²) in [6, 6.07) is 9.35. The Labute approximate surface area is 96.5 Å². The maximum Gasteiger partial charge on any atom is 0.194 e. The summed E-state index contributed by atoms with van der Waals surface area (Å²) in [6.07, 6.45) is 0. The van der Waals surface area contributed by atoms with E-state index in [4.69, 9.17) is 11.6 Å². The summed E-state index contributed by atoms with van der Waals surface area (Å²) < 4.78 is 13.1. The van der Waals surface area contributed by atoms with Gasteiger partial charge in [0.2, 0.25) is 0 Å². The third-order valence-electron chi connectivity index (χ3n) is 2.75. The van der Waals surface area contributed by atoms with Crippen LogP contribution in [0.2, 0.25) is 5.02 Å². The number of fused-ring (bicyclic) bond motifs is 3. The van der Waals surface area contributed by atoms with Crippen molar-refractivity contribution in [3.05, 3.63) is 58.4 Å². The van der Waals surface area contributed by atoms with Crippen molar-refractivity contribution in [3.8, 4) is 11.1 Å². The number of benzene rings is 2. The van der Waals surface area contributed by atoms with Gasteiger partial charge in [-0.15, -0.1) is 0 Å². The van der Waals surface area contributed by atoms with Gasteiger partial charge in [-0.2, -0.15) is 0 Å². The molecule has 78 valence electrons. The molecule has 0 amide bonds. The number of carbonyl (C=O) groups excluding carboxylic acids is 1. The highest BCUT2D eigenvalue weighted by atomic mass is 35.5. The van der Waals surface area contributed by atoms with Gasteiger partial charge in [-0.05, 0) is 23.8 Å². The second-order valence-electron chi connectivity index (χ2n) is 3.68. The topological polar surface area (TPSA) is 17.1 Å². The summed E-state index contributed by atoms with van der Waals surface area (Å²) >= 11 is 6.06. The van der Waals surface area contributed by atoms with Crippen LogP contribution < -0.4 is 0 Å². The number of ketones is 1. The Morgan fingerprint density at radius 3 is 2.62 bits per heavy atom. The largest absolute Gasteiger partial charge is 0.289 e. The minimum absolute atomic E-state index is 0.160. The molecule has 0 spiro atoms. The summed E-state index contributed by atoms with van der Waals surface area (Å²) in [5, 5.41) is 0.524. The third kappa shape index (κ3) is 1.14. The molecule has 16 heavy (non-hydrogen) atoms. The zero-order valence-corrected chi connectivity index (χ0v) is 8.88.